The molecule has 0 rings (SSSR count). The Bertz CT molecular complexity index is 1440. The summed E-state index contributed by atoms with van der Waals surface area (Å²) < 4.78 is 16.8. The maximum absolute atomic E-state index is 12.8. The lowest BCUT2D eigenvalue weighted by atomic mass is 10.1. The number of ether oxygens (including phenoxy) is 3. The van der Waals surface area contributed by atoms with Gasteiger partial charge in [0.15, 0.2) is 6.10 Å². The summed E-state index contributed by atoms with van der Waals surface area (Å²) in [6.45, 7) is 6.28. The molecule has 0 fully saturated rings. The summed E-state index contributed by atoms with van der Waals surface area (Å²) in [6, 6.07) is 0. The van der Waals surface area contributed by atoms with Gasteiger partial charge in [0, 0.05) is 19.3 Å². The predicted octanol–water partition coefficient (Wildman–Crippen LogP) is 18.1. The van der Waals surface area contributed by atoms with Crippen molar-refractivity contribution in [3.8, 4) is 0 Å². The normalized spacial score (nSPS) is 13.1. The van der Waals surface area contributed by atoms with E-state index in [1.807, 2.05) is 0 Å². The molecule has 0 aromatic heterocycles. The third-order valence-electron chi connectivity index (χ3n) is 10.9. The Morgan fingerprint density at radius 3 is 0.925 bits per heavy atom. The van der Waals surface area contributed by atoms with Crippen molar-refractivity contribution in [1.82, 2.24) is 0 Å². The Hall–Kier alpha value is -4.19. The molecule has 0 aliphatic rings. The quantitative estimate of drug-likeness (QED) is 0.0262. The van der Waals surface area contributed by atoms with Crippen molar-refractivity contribution in [2.45, 2.75) is 232 Å². The molecule has 0 aromatic rings. The smallest absolute Gasteiger partial charge is 0.306 e. The molecule has 6 heteroatoms. The first-order chi connectivity index (χ1) is 33.0. The van der Waals surface area contributed by atoms with Gasteiger partial charge in [-0.05, 0) is 122 Å². The van der Waals surface area contributed by atoms with Crippen LogP contribution in [0, 0.1) is 0 Å². The Kier molecular flexibility index (Phi) is 51.0. The summed E-state index contributed by atoms with van der Waals surface area (Å²) in [4.78, 5) is 38.0. The average Bonchev–Trinajstić information content (AvgIpc) is 3.33. The fraction of sp³-hybridized carbons (Fsp3) is 0.623. The van der Waals surface area contributed by atoms with Crippen molar-refractivity contribution in [3.05, 3.63) is 122 Å². The molecule has 0 spiro atoms. The first-order valence-corrected chi connectivity index (χ1v) is 27.0. The standard InChI is InChI=1S/C61H98O6/c1-4-7-10-13-16-19-22-25-26-27-28-29-30-31-32-33-34-37-39-42-45-48-51-54-60(63)66-57-58(67-61(64)55-52-49-46-43-40-36-24-21-18-15-12-9-6-3)56-65-59(62)53-50-47-44-41-38-35-23-20-17-14-11-8-5-2/h7,9-12,14,16,18-21,23,25-26,28-29,31-32,36,40,58H,4-6,8,13,15,17,22,24,27,30,33-35,37-39,41-57H2,1-3H3/b10-7-,12-9-,14-11-,19-16-,21-18-,23-20-,26-25-,29-28-,32-31-,40-36-. The minimum Gasteiger partial charge on any atom is -0.462 e. The first kappa shape index (κ1) is 62.8. The molecule has 6 nitrogen and oxygen atoms in total. The highest BCUT2D eigenvalue weighted by Crippen LogP contribution is 2.13. The van der Waals surface area contributed by atoms with E-state index in [9.17, 15) is 14.4 Å². The van der Waals surface area contributed by atoms with E-state index in [2.05, 4.69) is 142 Å². The lowest BCUT2D eigenvalue weighted by Gasteiger charge is -2.18. The number of unbranched alkanes of at least 4 members (excludes halogenated alkanes) is 16. The van der Waals surface area contributed by atoms with Crippen LogP contribution in [0.3, 0.4) is 0 Å². The Morgan fingerprint density at radius 1 is 0.313 bits per heavy atom. The van der Waals surface area contributed by atoms with E-state index in [1.54, 1.807) is 0 Å². The molecule has 0 bridgehead atoms. The molecule has 0 N–H and O–H groups in total. The number of hydrogen-bond acceptors (Lipinski definition) is 6. The van der Waals surface area contributed by atoms with Gasteiger partial charge in [-0.1, -0.05) is 206 Å². The van der Waals surface area contributed by atoms with E-state index in [4.69, 9.17) is 14.2 Å². The first-order valence-electron chi connectivity index (χ1n) is 27.0. The summed E-state index contributed by atoms with van der Waals surface area (Å²) in [6.07, 6.45) is 74.7. The molecular formula is C61H98O6. The van der Waals surface area contributed by atoms with Crippen molar-refractivity contribution < 1.29 is 28.6 Å². The Labute approximate surface area is 412 Å². The molecule has 378 valence electrons. The number of carbonyl (C=O) groups excluding carboxylic acids is 3. The van der Waals surface area contributed by atoms with Crippen LogP contribution in [-0.4, -0.2) is 37.2 Å². The maximum atomic E-state index is 12.8. The van der Waals surface area contributed by atoms with Gasteiger partial charge < -0.3 is 14.2 Å². The number of carbonyl (C=O) groups is 3. The molecule has 0 saturated carbocycles. The fourth-order valence-corrected chi connectivity index (χ4v) is 6.93. The van der Waals surface area contributed by atoms with Gasteiger partial charge in [-0.15, -0.1) is 0 Å². The number of allylic oxidation sites excluding steroid dienone is 20. The minimum atomic E-state index is -0.807. The molecule has 0 aliphatic carbocycles. The highest BCUT2D eigenvalue weighted by molar-refractivity contribution is 5.71. The van der Waals surface area contributed by atoms with E-state index >= 15 is 0 Å². The molecule has 1 atom stereocenters. The molecule has 0 aromatic carbocycles. The monoisotopic (exact) mass is 927 g/mol. The molecular weight excluding hydrogens is 829 g/mol. The summed E-state index contributed by atoms with van der Waals surface area (Å²) in [5, 5.41) is 0. The molecule has 0 heterocycles. The second-order valence-electron chi connectivity index (χ2n) is 17.4. The largest absolute Gasteiger partial charge is 0.462 e. The van der Waals surface area contributed by atoms with Crippen molar-refractivity contribution in [3.63, 3.8) is 0 Å². The number of hydrogen-bond donors (Lipinski definition) is 0. The van der Waals surface area contributed by atoms with Crippen LogP contribution in [0.5, 0.6) is 0 Å². The SMILES string of the molecule is CC/C=C\C/C=C\C/C=C\C/C=C\C/C=C\CCCCCCCCCC(=O)OCC(COC(=O)CCCCCCC/C=C\C/C=C\CCC)OC(=O)CCCCC/C=C\C/C=C\C/C=C\CC. The zero-order chi connectivity index (χ0) is 48.6. The third kappa shape index (κ3) is 52.6. The Morgan fingerprint density at radius 2 is 0.582 bits per heavy atom. The van der Waals surface area contributed by atoms with E-state index in [0.29, 0.717) is 12.8 Å². The van der Waals surface area contributed by atoms with Gasteiger partial charge in [0.05, 0.1) is 0 Å². The van der Waals surface area contributed by atoms with Crippen molar-refractivity contribution in [1.29, 1.82) is 0 Å². The van der Waals surface area contributed by atoms with Gasteiger partial charge >= 0.3 is 17.9 Å². The van der Waals surface area contributed by atoms with Crippen molar-refractivity contribution in [2.75, 3.05) is 13.2 Å². The molecule has 1 unspecified atom stereocenters. The van der Waals surface area contributed by atoms with Crippen molar-refractivity contribution >= 4 is 17.9 Å². The summed E-state index contributed by atoms with van der Waals surface area (Å²) in [5.74, 6) is -0.964. The molecule has 0 saturated heterocycles. The maximum Gasteiger partial charge on any atom is 0.306 e. The molecule has 0 radical (unpaired) electrons. The van der Waals surface area contributed by atoms with Gasteiger partial charge in [-0.3, -0.25) is 14.4 Å². The fourth-order valence-electron chi connectivity index (χ4n) is 6.93. The van der Waals surface area contributed by atoms with Gasteiger partial charge in [0.25, 0.3) is 0 Å². The lowest BCUT2D eigenvalue weighted by Crippen LogP contribution is -2.30. The topological polar surface area (TPSA) is 78.9 Å². The molecule has 67 heavy (non-hydrogen) atoms. The summed E-state index contributed by atoms with van der Waals surface area (Å²) in [5.41, 5.74) is 0. The van der Waals surface area contributed by atoms with Crippen LogP contribution in [0.2, 0.25) is 0 Å². The van der Waals surface area contributed by atoms with Crippen LogP contribution in [0.25, 0.3) is 0 Å². The van der Waals surface area contributed by atoms with Gasteiger partial charge in [-0.2, -0.15) is 0 Å². The van der Waals surface area contributed by atoms with Gasteiger partial charge in [0.2, 0.25) is 0 Å². The van der Waals surface area contributed by atoms with Crippen LogP contribution in [0.15, 0.2) is 122 Å². The zero-order valence-electron chi connectivity index (χ0n) is 43.1. The zero-order valence-corrected chi connectivity index (χ0v) is 43.1. The van der Waals surface area contributed by atoms with Crippen molar-refractivity contribution in [2.24, 2.45) is 0 Å². The number of rotatable bonds is 47. The van der Waals surface area contributed by atoms with Gasteiger partial charge in [0.1, 0.15) is 13.2 Å². The second-order valence-corrected chi connectivity index (χ2v) is 17.4. The Balaban J connectivity index is 4.41. The van der Waals surface area contributed by atoms with Crippen LogP contribution in [-0.2, 0) is 28.6 Å². The highest BCUT2D eigenvalue weighted by atomic mass is 16.6. The number of esters is 3. The highest BCUT2D eigenvalue weighted by Gasteiger charge is 2.19. The summed E-state index contributed by atoms with van der Waals surface area (Å²) in [7, 11) is 0. The average molecular weight is 927 g/mol. The molecule has 0 aliphatic heterocycles. The van der Waals surface area contributed by atoms with Crippen LogP contribution >= 0.6 is 0 Å². The predicted molar refractivity (Wildman–Crippen MR) is 288 cm³/mol. The van der Waals surface area contributed by atoms with Gasteiger partial charge in [-0.25, -0.2) is 0 Å². The molecule has 0 amide bonds. The van der Waals surface area contributed by atoms with E-state index in [0.717, 1.165) is 154 Å². The van der Waals surface area contributed by atoms with Crippen LogP contribution in [0.1, 0.15) is 226 Å². The lowest BCUT2D eigenvalue weighted by molar-refractivity contribution is -0.167. The van der Waals surface area contributed by atoms with E-state index in [-0.39, 0.29) is 37.5 Å². The second kappa shape index (κ2) is 54.4. The van der Waals surface area contributed by atoms with E-state index < -0.39 is 6.10 Å². The minimum absolute atomic E-state index is 0.104. The van der Waals surface area contributed by atoms with E-state index in [1.165, 1.54) is 32.1 Å². The third-order valence-corrected chi connectivity index (χ3v) is 10.9. The summed E-state index contributed by atoms with van der Waals surface area (Å²) >= 11 is 0. The van der Waals surface area contributed by atoms with Crippen LogP contribution < -0.4 is 0 Å². The van der Waals surface area contributed by atoms with Crippen LogP contribution in [0.4, 0.5) is 0 Å².